The van der Waals surface area contributed by atoms with Crippen LogP contribution in [0, 0.1) is 5.92 Å². The Hall–Kier alpha value is 0.1000. The predicted octanol–water partition coefficient (Wildman–Crippen LogP) is 2.15. The first-order chi connectivity index (χ1) is 6.70. The Bertz CT molecular complexity index is 315. The topological polar surface area (TPSA) is 23.5 Å². The fraction of sp³-hybridized carbons (Fsp3) is 0.600. The van der Waals surface area contributed by atoms with Gasteiger partial charge in [-0.25, -0.2) is 0 Å². The average Bonchev–Trinajstić information content (AvgIpc) is 2.71. The van der Waals surface area contributed by atoms with E-state index >= 15 is 0 Å². The highest BCUT2D eigenvalue weighted by molar-refractivity contribution is 9.11. The van der Waals surface area contributed by atoms with Crippen molar-refractivity contribution in [3.8, 4) is 0 Å². The number of likely N-dealkylation sites (tertiary alicyclic amines) is 1. The van der Waals surface area contributed by atoms with E-state index in [9.17, 15) is 5.11 Å². The van der Waals surface area contributed by atoms with E-state index in [2.05, 4.69) is 40.0 Å². The van der Waals surface area contributed by atoms with Crippen LogP contribution in [0.5, 0.6) is 0 Å². The maximum atomic E-state index is 9.29. The van der Waals surface area contributed by atoms with E-state index in [-0.39, 0.29) is 0 Å². The van der Waals surface area contributed by atoms with Crippen LogP contribution in [0.25, 0.3) is 0 Å². The molecule has 0 amide bonds. The summed E-state index contributed by atoms with van der Waals surface area (Å²) in [5.74, 6) is 0.923. The van der Waals surface area contributed by atoms with E-state index in [4.69, 9.17) is 0 Å². The van der Waals surface area contributed by atoms with Crippen molar-refractivity contribution in [2.45, 2.75) is 5.92 Å². The van der Waals surface area contributed by atoms with Gasteiger partial charge in [-0.05, 0) is 35.1 Å². The molecule has 1 fully saturated rings. The van der Waals surface area contributed by atoms with Gasteiger partial charge in [-0.1, -0.05) is 0 Å². The molecule has 1 aliphatic rings. The number of hydrogen-bond acceptors (Lipinski definition) is 3. The third-order valence-corrected chi connectivity index (χ3v) is 4.57. The van der Waals surface area contributed by atoms with Gasteiger partial charge in [0.15, 0.2) is 0 Å². The molecule has 0 saturated carbocycles. The zero-order valence-corrected chi connectivity index (χ0v) is 10.5. The van der Waals surface area contributed by atoms with Crippen molar-refractivity contribution >= 4 is 27.3 Å². The zero-order valence-electron chi connectivity index (χ0n) is 8.11. The molecule has 0 bridgehead atoms. The number of likely N-dealkylation sites (N-methyl/N-ethyl adjacent to an activating group) is 1. The van der Waals surface area contributed by atoms with Gasteiger partial charge < -0.3 is 10.0 Å². The first kappa shape index (κ1) is 10.6. The molecule has 2 rings (SSSR count). The van der Waals surface area contributed by atoms with Gasteiger partial charge in [-0.3, -0.25) is 0 Å². The van der Waals surface area contributed by atoms with Crippen LogP contribution in [-0.2, 0) is 0 Å². The highest BCUT2D eigenvalue weighted by Gasteiger charge is 2.32. The third kappa shape index (κ3) is 2.03. The maximum absolute atomic E-state index is 9.29. The second-order valence-corrected chi connectivity index (χ2v) is 6.41. The summed E-state index contributed by atoms with van der Waals surface area (Å²) in [6.45, 7) is 2.37. The second-order valence-electron chi connectivity index (χ2n) is 3.91. The molecule has 0 radical (unpaired) electrons. The number of thiophene rings is 1. The van der Waals surface area contributed by atoms with Crippen molar-refractivity contribution in [1.82, 2.24) is 4.90 Å². The van der Waals surface area contributed by atoms with Crippen molar-refractivity contribution in [1.29, 1.82) is 0 Å². The van der Waals surface area contributed by atoms with Gasteiger partial charge in [0.2, 0.25) is 0 Å². The average molecular weight is 276 g/mol. The molecule has 1 saturated heterocycles. The molecule has 78 valence electrons. The highest BCUT2D eigenvalue weighted by atomic mass is 79.9. The molecule has 2 atom stereocenters. The molecule has 1 aliphatic heterocycles. The molecular weight excluding hydrogens is 262 g/mol. The van der Waals surface area contributed by atoms with E-state index in [1.165, 1.54) is 8.66 Å². The number of aliphatic hydroxyl groups is 1. The van der Waals surface area contributed by atoms with Gasteiger partial charge in [-0.2, -0.15) is 0 Å². The minimum atomic E-state index is 0.296. The molecule has 2 unspecified atom stereocenters. The van der Waals surface area contributed by atoms with Crippen molar-refractivity contribution < 1.29 is 5.11 Å². The standard InChI is InChI=1S/C10H14BrNOS/c1-12-4-7(6-13)8(5-12)9-2-3-10(11)14-9/h2-3,7-8,13H,4-6H2,1H3. The first-order valence-electron chi connectivity index (χ1n) is 4.75. The van der Waals surface area contributed by atoms with Crippen LogP contribution < -0.4 is 0 Å². The molecular formula is C10H14BrNOS. The third-order valence-electron chi connectivity index (χ3n) is 2.82. The molecule has 0 spiro atoms. The summed E-state index contributed by atoms with van der Waals surface area (Å²) in [5, 5.41) is 9.29. The lowest BCUT2D eigenvalue weighted by Crippen LogP contribution is -2.15. The maximum Gasteiger partial charge on any atom is 0.0701 e. The normalized spacial score (nSPS) is 28.5. The summed E-state index contributed by atoms with van der Waals surface area (Å²) in [7, 11) is 2.12. The van der Waals surface area contributed by atoms with Crippen molar-refractivity contribution in [2.75, 3.05) is 26.7 Å². The smallest absolute Gasteiger partial charge is 0.0701 e. The van der Waals surface area contributed by atoms with Crippen LogP contribution >= 0.6 is 27.3 Å². The zero-order chi connectivity index (χ0) is 10.1. The van der Waals surface area contributed by atoms with Crippen molar-refractivity contribution in [2.24, 2.45) is 5.92 Å². The fourth-order valence-corrected chi connectivity index (χ4v) is 3.73. The number of aliphatic hydroxyl groups excluding tert-OH is 1. The molecule has 1 N–H and O–H groups in total. The fourth-order valence-electron chi connectivity index (χ4n) is 2.12. The van der Waals surface area contributed by atoms with Gasteiger partial charge in [0.1, 0.15) is 0 Å². The Balaban J connectivity index is 2.17. The Morgan fingerprint density at radius 3 is 2.93 bits per heavy atom. The largest absolute Gasteiger partial charge is 0.396 e. The van der Waals surface area contributed by atoms with E-state index in [1.54, 1.807) is 11.3 Å². The summed E-state index contributed by atoms with van der Waals surface area (Å²) in [5.41, 5.74) is 0. The molecule has 0 aliphatic carbocycles. The Labute approximate surface area is 96.7 Å². The predicted molar refractivity (Wildman–Crippen MR) is 62.8 cm³/mol. The van der Waals surface area contributed by atoms with Crippen LogP contribution in [0.15, 0.2) is 15.9 Å². The summed E-state index contributed by atoms with van der Waals surface area (Å²) >= 11 is 5.26. The van der Waals surface area contributed by atoms with E-state index in [0.29, 0.717) is 18.4 Å². The summed E-state index contributed by atoms with van der Waals surface area (Å²) in [6, 6.07) is 4.26. The molecule has 14 heavy (non-hydrogen) atoms. The van der Waals surface area contributed by atoms with E-state index in [1.807, 2.05) is 0 Å². The molecule has 0 aromatic carbocycles. The molecule has 4 heteroatoms. The number of halogens is 1. The number of rotatable bonds is 2. The lowest BCUT2D eigenvalue weighted by atomic mass is 9.95. The van der Waals surface area contributed by atoms with Gasteiger partial charge in [0.05, 0.1) is 3.79 Å². The minimum Gasteiger partial charge on any atom is -0.396 e. The highest BCUT2D eigenvalue weighted by Crippen LogP contribution is 2.36. The van der Waals surface area contributed by atoms with Crippen LogP contribution in [0.4, 0.5) is 0 Å². The quantitative estimate of drug-likeness (QED) is 0.894. The van der Waals surface area contributed by atoms with Crippen LogP contribution in [0.1, 0.15) is 10.8 Å². The molecule has 2 nitrogen and oxygen atoms in total. The Kier molecular flexibility index (Phi) is 3.27. The van der Waals surface area contributed by atoms with Gasteiger partial charge >= 0.3 is 0 Å². The number of nitrogens with zero attached hydrogens (tertiary/aromatic N) is 1. The van der Waals surface area contributed by atoms with Crippen LogP contribution in [-0.4, -0.2) is 36.8 Å². The second kappa shape index (κ2) is 4.31. The van der Waals surface area contributed by atoms with E-state index in [0.717, 1.165) is 13.1 Å². The molecule has 1 aromatic rings. The lowest BCUT2D eigenvalue weighted by molar-refractivity contribution is 0.220. The summed E-state index contributed by atoms with van der Waals surface area (Å²) < 4.78 is 1.18. The SMILES string of the molecule is CN1CC(CO)C(c2ccc(Br)s2)C1. The Morgan fingerprint density at radius 1 is 1.57 bits per heavy atom. The van der Waals surface area contributed by atoms with Crippen LogP contribution in [0.2, 0.25) is 0 Å². The summed E-state index contributed by atoms with van der Waals surface area (Å²) in [4.78, 5) is 3.68. The van der Waals surface area contributed by atoms with Gasteiger partial charge in [-0.15, -0.1) is 11.3 Å². The molecule has 1 aromatic heterocycles. The van der Waals surface area contributed by atoms with Gasteiger partial charge in [0.25, 0.3) is 0 Å². The summed E-state index contributed by atoms with van der Waals surface area (Å²) in [6.07, 6.45) is 0. The first-order valence-corrected chi connectivity index (χ1v) is 6.36. The Morgan fingerprint density at radius 2 is 2.36 bits per heavy atom. The lowest BCUT2D eigenvalue weighted by Gasteiger charge is -2.13. The molecule has 2 heterocycles. The number of hydrogen-bond donors (Lipinski definition) is 1. The minimum absolute atomic E-state index is 0.296. The van der Waals surface area contributed by atoms with Gasteiger partial charge in [0, 0.05) is 36.4 Å². The van der Waals surface area contributed by atoms with Crippen molar-refractivity contribution in [3.63, 3.8) is 0 Å². The van der Waals surface area contributed by atoms with Crippen molar-refractivity contribution in [3.05, 3.63) is 20.8 Å². The van der Waals surface area contributed by atoms with Crippen LogP contribution in [0.3, 0.4) is 0 Å². The monoisotopic (exact) mass is 275 g/mol. The van der Waals surface area contributed by atoms with E-state index < -0.39 is 0 Å².